The Labute approximate surface area is 153 Å². The van der Waals surface area contributed by atoms with Crippen molar-refractivity contribution in [2.24, 2.45) is 0 Å². The second-order valence-corrected chi connectivity index (χ2v) is 8.79. The highest BCUT2D eigenvalue weighted by molar-refractivity contribution is 9.10. The van der Waals surface area contributed by atoms with Crippen LogP contribution in [-0.2, 0) is 26.9 Å². The summed E-state index contributed by atoms with van der Waals surface area (Å²) >= 11 is 3.36. The number of nitrogens with one attached hydrogen (secondary N) is 1. The first kappa shape index (κ1) is 17.6. The molecule has 0 unspecified atom stereocenters. The third-order valence-electron chi connectivity index (χ3n) is 3.53. The van der Waals surface area contributed by atoms with E-state index in [0.717, 1.165) is 16.2 Å². The number of hydrogen-bond acceptors (Lipinski definition) is 4. The lowest BCUT2D eigenvalue weighted by atomic mass is 10.3. The number of sulfone groups is 1. The molecule has 0 fully saturated rings. The molecule has 0 aliphatic carbocycles. The second-order valence-electron chi connectivity index (χ2n) is 5.73. The van der Waals surface area contributed by atoms with Crippen LogP contribution in [0.15, 0.2) is 53.0 Å². The lowest BCUT2D eigenvalue weighted by Gasteiger charge is -2.10. The van der Waals surface area contributed by atoms with Crippen LogP contribution in [0.5, 0.6) is 0 Å². The highest BCUT2D eigenvalue weighted by Gasteiger charge is 2.17. The Balaban J connectivity index is 1.91. The van der Waals surface area contributed by atoms with Gasteiger partial charge in [0.2, 0.25) is 5.91 Å². The van der Waals surface area contributed by atoms with Gasteiger partial charge in [0.1, 0.15) is 18.1 Å². The summed E-state index contributed by atoms with van der Waals surface area (Å²) in [6, 6.07) is 14.5. The number of nitrogens with zero attached hydrogens (tertiary/aromatic N) is 2. The zero-order chi connectivity index (χ0) is 18.0. The van der Waals surface area contributed by atoms with Crippen molar-refractivity contribution in [3.63, 3.8) is 0 Å². The van der Waals surface area contributed by atoms with Gasteiger partial charge in [0.05, 0.1) is 11.0 Å². The number of para-hydroxylation sites is 2. The molecule has 0 aliphatic heterocycles. The molecule has 0 saturated heterocycles. The van der Waals surface area contributed by atoms with Crippen LogP contribution >= 0.6 is 15.9 Å². The number of halogens is 1. The first-order chi connectivity index (χ1) is 11.8. The van der Waals surface area contributed by atoms with Crippen molar-refractivity contribution in [2.45, 2.75) is 12.3 Å². The van der Waals surface area contributed by atoms with Crippen molar-refractivity contribution in [3.8, 4) is 0 Å². The first-order valence-corrected chi connectivity index (χ1v) is 10.3. The van der Waals surface area contributed by atoms with E-state index < -0.39 is 9.84 Å². The summed E-state index contributed by atoms with van der Waals surface area (Å²) in [5, 5.41) is 2.81. The molecular weight excluding hydrogens is 406 g/mol. The Morgan fingerprint density at radius 1 is 1.20 bits per heavy atom. The smallest absolute Gasteiger partial charge is 0.244 e. The van der Waals surface area contributed by atoms with Crippen molar-refractivity contribution >= 4 is 48.4 Å². The normalized spacial score (nSPS) is 11.6. The van der Waals surface area contributed by atoms with Gasteiger partial charge in [-0.15, -0.1) is 0 Å². The number of benzene rings is 2. The highest BCUT2D eigenvalue weighted by Crippen LogP contribution is 2.19. The van der Waals surface area contributed by atoms with E-state index in [9.17, 15) is 13.2 Å². The molecule has 0 aliphatic rings. The number of hydrogen-bond donors (Lipinski definition) is 1. The van der Waals surface area contributed by atoms with E-state index in [4.69, 9.17) is 0 Å². The quantitative estimate of drug-likeness (QED) is 0.686. The minimum absolute atomic E-state index is 0.0160. The van der Waals surface area contributed by atoms with Gasteiger partial charge >= 0.3 is 0 Å². The number of rotatable bonds is 5. The number of amides is 1. The van der Waals surface area contributed by atoms with E-state index in [1.54, 1.807) is 22.8 Å². The molecule has 0 atom stereocenters. The van der Waals surface area contributed by atoms with Crippen molar-refractivity contribution in [1.29, 1.82) is 0 Å². The number of fused-ring (bicyclic) bond motifs is 1. The monoisotopic (exact) mass is 421 g/mol. The molecule has 1 heterocycles. The van der Waals surface area contributed by atoms with Crippen molar-refractivity contribution in [2.75, 3.05) is 11.6 Å². The molecule has 8 heteroatoms. The lowest BCUT2D eigenvalue weighted by molar-refractivity contribution is -0.116. The van der Waals surface area contributed by atoms with E-state index in [2.05, 4.69) is 26.2 Å². The van der Waals surface area contributed by atoms with Gasteiger partial charge < -0.3 is 9.88 Å². The largest absolute Gasteiger partial charge is 0.324 e. The molecule has 0 spiro atoms. The van der Waals surface area contributed by atoms with Gasteiger partial charge in [-0.3, -0.25) is 4.79 Å². The van der Waals surface area contributed by atoms with E-state index >= 15 is 0 Å². The average Bonchev–Trinajstić information content (AvgIpc) is 2.83. The maximum Gasteiger partial charge on any atom is 0.244 e. The van der Waals surface area contributed by atoms with Crippen LogP contribution in [-0.4, -0.2) is 30.1 Å². The summed E-state index contributed by atoms with van der Waals surface area (Å²) in [7, 11) is -3.27. The maximum atomic E-state index is 12.4. The number of aromatic nitrogens is 2. The molecule has 3 rings (SSSR count). The van der Waals surface area contributed by atoms with Gasteiger partial charge in [0.15, 0.2) is 9.84 Å². The molecule has 1 amide bonds. The third kappa shape index (κ3) is 4.46. The molecule has 0 bridgehead atoms. The fourth-order valence-electron chi connectivity index (χ4n) is 2.56. The van der Waals surface area contributed by atoms with Gasteiger partial charge in [-0.1, -0.05) is 34.1 Å². The van der Waals surface area contributed by atoms with Gasteiger partial charge in [-0.2, -0.15) is 0 Å². The Morgan fingerprint density at radius 3 is 2.68 bits per heavy atom. The Kier molecular flexibility index (Phi) is 4.91. The van der Waals surface area contributed by atoms with Crippen LogP contribution in [0.2, 0.25) is 0 Å². The molecule has 0 radical (unpaired) electrons. The Morgan fingerprint density at radius 2 is 1.96 bits per heavy atom. The molecule has 2 aromatic carbocycles. The zero-order valence-electron chi connectivity index (χ0n) is 13.4. The summed E-state index contributed by atoms with van der Waals surface area (Å²) < 4.78 is 25.9. The number of anilines is 1. The van der Waals surface area contributed by atoms with Crippen LogP contribution in [0, 0.1) is 0 Å². The number of carbonyl (C=O) groups excluding carboxylic acids is 1. The van der Waals surface area contributed by atoms with Crippen LogP contribution in [0.4, 0.5) is 5.69 Å². The third-order valence-corrected chi connectivity index (χ3v) is 4.81. The molecule has 3 aromatic rings. The van der Waals surface area contributed by atoms with E-state index in [1.165, 1.54) is 0 Å². The summed E-state index contributed by atoms with van der Waals surface area (Å²) in [4.78, 5) is 16.8. The van der Waals surface area contributed by atoms with Crippen molar-refractivity contribution in [1.82, 2.24) is 9.55 Å². The summed E-state index contributed by atoms with van der Waals surface area (Å²) in [6.07, 6.45) is 1.15. The number of imidazole rings is 1. The molecule has 0 saturated carbocycles. The van der Waals surface area contributed by atoms with Gasteiger partial charge in [0, 0.05) is 16.4 Å². The SMILES string of the molecule is CS(=O)(=O)Cc1nc2ccccc2n1CC(=O)Nc1cccc(Br)c1. The predicted molar refractivity (Wildman–Crippen MR) is 101 cm³/mol. The molecule has 6 nitrogen and oxygen atoms in total. The lowest BCUT2D eigenvalue weighted by Crippen LogP contribution is -2.21. The Bertz CT molecular complexity index is 1040. The van der Waals surface area contributed by atoms with Crippen molar-refractivity contribution in [3.05, 3.63) is 58.8 Å². The van der Waals surface area contributed by atoms with Gasteiger partial charge in [0.25, 0.3) is 0 Å². The highest BCUT2D eigenvalue weighted by atomic mass is 79.9. The summed E-state index contributed by atoms with van der Waals surface area (Å²) in [6.45, 7) is -0.0160. The fourth-order valence-corrected chi connectivity index (χ4v) is 3.65. The standard InChI is InChI=1S/C17H16BrN3O3S/c1-25(23,24)11-16-20-14-7-2-3-8-15(14)21(16)10-17(22)19-13-6-4-5-12(18)9-13/h2-9H,10-11H2,1H3,(H,19,22). The fraction of sp³-hybridized carbons (Fsp3) is 0.176. The maximum absolute atomic E-state index is 12.4. The van der Waals surface area contributed by atoms with Crippen LogP contribution in [0.1, 0.15) is 5.82 Å². The molecule has 1 aromatic heterocycles. The molecule has 1 N–H and O–H groups in total. The second kappa shape index (κ2) is 6.97. The van der Waals surface area contributed by atoms with Gasteiger partial charge in [-0.25, -0.2) is 13.4 Å². The van der Waals surface area contributed by atoms with Crippen molar-refractivity contribution < 1.29 is 13.2 Å². The summed E-state index contributed by atoms with van der Waals surface area (Å²) in [5.74, 6) is -0.115. The zero-order valence-corrected chi connectivity index (χ0v) is 15.8. The molecule has 25 heavy (non-hydrogen) atoms. The van der Waals surface area contributed by atoms with E-state index in [1.807, 2.05) is 30.3 Å². The molecular formula is C17H16BrN3O3S. The Hall–Kier alpha value is -2.19. The van der Waals surface area contributed by atoms with Gasteiger partial charge in [-0.05, 0) is 30.3 Å². The first-order valence-electron chi connectivity index (χ1n) is 7.49. The van der Waals surface area contributed by atoms with E-state index in [-0.39, 0.29) is 18.2 Å². The molecule has 130 valence electrons. The minimum Gasteiger partial charge on any atom is -0.324 e. The predicted octanol–water partition coefficient (Wildman–Crippen LogP) is 2.98. The summed E-state index contributed by atoms with van der Waals surface area (Å²) in [5.41, 5.74) is 2.05. The minimum atomic E-state index is -3.27. The van der Waals surface area contributed by atoms with Crippen LogP contribution in [0.3, 0.4) is 0 Å². The van der Waals surface area contributed by atoms with Crippen LogP contribution in [0.25, 0.3) is 11.0 Å². The average molecular weight is 422 g/mol. The van der Waals surface area contributed by atoms with Crippen LogP contribution < -0.4 is 5.32 Å². The van der Waals surface area contributed by atoms with E-state index in [0.29, 0.717) is 17.0 Å². The topological polar surface area (TPSA) is 81.1 Å². The number of carbonyl (C=O) groups is 1.